The zero-order chi connectivity index (χ0) is 13.8. The highest BCUT2D eigenvalue weighted by Gasteiger charge is 2.28. The first-order valence-electron chi connectivity index (χ1n) is 6.68. The van der Waals surface area contributed by atoms with Gasteiger partial charge < -0.3 is 20.1 Å². The maximum absolute atomic E-state index is 12.0. The standard InChI is InChI=1S/C12H21N3O4/c1-9(11(16)17)14-3-5-15(6-4-14)12(18)13-10-2-7-19-8-10/h9-10H,2-8H2,1H3,(H,13,18)(H,16,17). The van der Waals surface area contributed by atoms with Crippen molar-refractivity contribution >= 4 is 12.0 Å². The van der Waals surface area contributed by atoms with E-state index in [0.29, 0.717) is 39.4 Å². The van der Waals surface area contributed by atoms with Crippen LogP contribution in [0.25, 0.3) is 0 Å². The average Bonchev–Trinajstić information content (AvgIpc) is 2.90. The molecule has 0 aromatic carbocycles. The molecule has 2 aliphatic heterocycles. The van der Waals surface area contributed by atoms with Gasteiger partial charge in [-0.05, 0) is 13.3 Å². The third kappa shape index (κ3) is 3.57. The smallest absolute Gasteiger partial charge is 0.320 e. The Balaban J connectivity index is 1.76. The molecule has 0 aliphatic carbocycles. The van der Waals surface area contributed by atoms with E-state index >= 15 is 0 Å². The van der Waals surface area contributed by atoms with Crippen molar-refractivity contribution in [2.75, 3.05) is 39.4 Å². The lowest BCUT2D eigenvalue weighted by atomic mass is 10.2. The summed E-state index contributed by atoms with van der Waals surface area (Å²) in [6, 6.07) is -0.449. The van der Waals surface area contributed by atoms with Gasteiger partial charge in [-0.3, -0.25) is 9.69 Å². The van der Waals surface area contributed by atoms with Gasteiger partial charge in [-0.2, -0.15) is 0 Å². The molecular formula is C12H21N3O4. The Kier molecular flexibility index (Phi) is 4.60. The van der Waals surface area contributed by atoms with Gasteiger partial charge in [0.25, 0.3) is 0 Å². The Morgan fingerprint density at radius 2 is 2.00 bits per heavy atom. The normalized spacial score (nSPS) is 26.2. The number of urea groups is 1. The topological polar surface area (TPSA) is 82.1 Å². The molecule has 2 rings (SSSR count). The van der Waals surface area contributed by atoms with Gasteiger partial charge in [0.1, 0.15) is 6.04 Å². The van der Waals surface area contributed by atoms with Crippen LogP contribution in [-0.4, -0.2) is 78.4 Å². The minimum absolute atomic E-state index is 0.0712. The number of nitrogens with zero attached hydrogens (tertiary/aromatic N) is 2. The largest absolute Gasteiger partial charge is 0.480 e. The van der Waals surface area contributed by atoms with E-state index in [1.807, 2.05) is 4.90 Å². The third-order valence-corrected chi connectivity index (χ3v) is 3.76. The van der Waals surface area contributed by atoms with Crippen LogP contribution >= 0.6 is 0 Å². The minimum atomic E-state index is -0.819. The summed E-state index contributed by atoms with van der Waals surface area (Å²) in [5.41, 5.74) is 0. The van der Waals surface area contributed by atoms with E-state index < -0.39 is 12.0 Å². The summed E-state index contributed by atoms with van der Waals surface area (Å²) in [7, 11) is 0. The fourth-order valence-electron chi connectivity index (χ4n) is 2.38. The molecule has 2 N–H and O–H groups in total. The Morgan fingerprint density at radius 3 is 2.53 bits per heavy atom. The average molecular weight is 271 g/mol. The van der Waals surface area contributed by atoms with Crippen LogP contribution in [0.15, 0.2) is 0 Å². The highest BCUT2D eigenvalue weighted by atomic mass is 16.5. The van der Waals surface area contributed by atoms with Crippen LogP contribution in [0.3, 0.4) is 0 Å². The zero-order valence-corrected chi connectivity index (χ0v) is 11.2. The van der Waals surface area contributed by atoms with Crippen molar-refractivity contribution in [3.8, 4) is 0 Å². The number of hydrogen-bond acceptors (Lipinski definition) is 4. The Hall–Kier alpha value is -1.34. The molecule has 2 aliphatic rings. The van der Waals surface area contributed by atoms with Crippen molar-refractivity contribution in [1.29, 1.82) is 0 Å². The Bertz CT molecular complexity index is 336. The number of nitrogens with one attached hydrogen (secondary N) is 1. The number of carboxylic acids is 1. The van der Waals surface area contributed by atoms with Crippen LogP contribution in [0.5, 0.6) is 0 Å². The molecule has 0 aromatic rings. The van der Waals surface area contributed by atoms with Crippen molar-refractivity contribution in [2.45, 2.75) is 25.4 Å². The number of piperazine rings is 1. The minimum Gasteiger partial charge on any atom is -0.480 e. The first-order valence-corrected chi connectivity index (χ1v) is 6.68. The van der Waals surface area contributed by atoms with Crippen LogP contribution in [0.4, 0.5) is 4.79 Å². The first-order chi connectivity index (χ1) is 9.08. The number of amides is 2. The van der Waals surface area contributed by atoms with E-state index in [4.69, 9.17) is 9.84 Å². The van der Waals surface area contributed by atoms with E-state index in [1.165, 1.54) is 0 Å². The summed E-state index contributed by atoms with van der Waals surface area (Å²) in [6.07, 6.45) is 0.863. The summed E-state index contributed by atoms with van der Waals surface area (Å²) in [5, 5.41) is 11.9. The molecule has 0 bridgehead atoms. The molecule has 2 unspecified atom stereocenters. The highest BCUT2D eigenvalue weighted by Crippen LogP contribution is 2.08. The lowest BCUT2D eigenvalue weighted by molar-refractivity contribution is -0.143. The van der Waals surface area contributed by atoms with E-state index in [1.54, 1.807) is 11.8 Å². The van der Waals surface area contributed by atoms with Gasteiger partial charge in [0, 0.05) is 32.8 Å². The molecule has 19 heavy (non-hydrogen) atoms. The van der Waals surface area contributed by atoms with Crippen LogP contribution < -0.4 is 5.32 Å². The molecule has 7 heteroatoms. The van der Waals surface area contributed by atoms with Crippen molar-refractivity contribution in [1.82, 2.24) is 15.1 Å². The molecule has 2 amide bonds. The van der Waals surface area contributed by atoms with Crippen molar-refractivity contribution in [2.24, 2.45) is 0 Å². The quantitative estimate of drug-likeness (QED) is 0.728. The molecule has 7 nitrogen and oxygen atoms in total. The number of hydrogen-bond donors (Lipinski definition) is 2. The molecule has 0 spiro atoms. The second kappa shape index (κ2) is 6.21. The maximum atomic E-state index is 12.0. The molecule has 2 saturated heterocycles. The monoisotopic (exact) mass is 271 g/mol. The first kappa shape index (κ1) is 14.1. The van der Waals surface area contributed by atoms with Crippen LogP contribution in [0.1, 0.15) is 13.3 Å². The molecular weight excluding hydrogens is 250 g/mol. The summed E-state index contributed by atoms with van der Waals surface area (Å²) in [6.45, 7) is 5.29. The maximum Gasteiger partial charge on any atom is 0.320 e. The van der Waals surface area contributed by atoms with E-state index in [2.05, 4.69) is 5.32 Å². The second-order valence-corrected chi connectivity index (χ2v) is 5.05. The fraction of sp³-hybridized carbons (Fsp3) is 0.833. The predicted molar refractivity (Wildman–Crippen MR) is 68.0 cm³/mol. The highest BCUT2D eigenvalue weighted by molar-refractivity contribution is 5.75. The summed E-state index contributed by atoms with van der Waals surface area (Å²) >= 11 is 0. The van der Waals surface area contributed by atoms with Crippen LogP contribution in [0.2, 0.25) is 0 Å². The molecule has 0 aromatic heterocycles. The number of aliphatic carboxylic acids is 1. The number of carbonyl (C=O) groups is 2. The number of carbonyl (C=O) groups excluding carboxylic acids is 1. The lowest BCUT2D eigenvalue weighted by Crippen LogP contribution is -2.56. The Morgan fingerprint density at radius 1 is 1.32 bits per heavy atom. The zero-order valence-electron chi connectivity index (χ0n) is 11.2. The van der Waals surface area contributed by atoms with Gasteiger partial charge in [0.15, 0.2) is 0 Å². The molecule has 2 atom stereocenters. The Labute approximate surface area is 112 Å². The number of rotatable bonds is 3. The van der Waals surface area contributed by atoms with Gasteiger partial charge in [0.05, 0.1) is 12.6 Å². The second-order valence-electron chi connectivity index (χ2n) is 5.05. The van der Waals surface area contributed by atoms with Gasteiger partial charge in [0.2, 0.25) is 0 Å². The summed E-state index contributed by atoms with van der Waals surface area (Å²) < 4.78 is 5.21. The molecule has 0 saturated carbocycles. The van der Waals surface area contributed by atoms with E-state index in [9.17, 15) is 9.59 Å². The van der Waals surface area contributed by atoms with Crippen molar-refractivity contribution in [3.63, 3.8) is 0 Å². The van der Waals surface area contributed by atoms with E-state index in [-0.39, 0.29) is 12.1 Å². The van der Waals surface area contributed by atoms with Gasteiger partial charge in [-0.25, -0.2) is 4.79 Å². The van der Waals surface area contributed by atoms with E-state index in [0.717, 1.165) is 6.42 Å². The molecule has 2 heterocycles. The number of ether oxygens (including phenoxy) is 1. The van der Waals surface area contributed by atoms with Gasteiger partial charge in [-0.15, -0.1) is 0 Å². The van der Waals surface area contributed by atoms with Gasteiger partial charge in [-0.1, -0.05) is 0 Å². The lowest BCUT2D eigenvalue weighted by Gasteiger charge is -2.36. The third-order valence-electron chi connectivity index (χ3n) is 3.76. The fourth-order valence-corrected chi connectivity index (χ4v) is 2.38. The molecule has 108 valence electrons. The summed E-state index contributed by atoms with van der Waals surface area (Å²) in [5.74, 6) is -0.819. The van der Waals surface area contributed by atoms with Crippen molar-refractivity contribution < 1.29 is 19.4 Å². The van der Waals surface area contributed by atoms with Crippen LogP contribution in [-0.2, 0) is 9.53 Å². The SMILES string of the molecule is CC(C(=O)O)N1CCN(C(=O)NC2CCOC2)CC1. The summed E-state index contributed by atoms with van der Waals surface area (Å²) in [4.78, 5) is 26.5. The number of carboxylic acid groups (broad SMARTS) is 1. The molecule has 0 radical (unpaired) electrons. The van der Waals surface area contributed by atoms with Crippen molar-refractivity contribution in [3.05, 3.63) is 0 Å². The molecule has 2 fully saturated rings. The van der Waals surface area contributed by atoms with Gasteiger partial charge >= 0.3 is 12.0 Å². The van der Waals surface area contributed by atoms with Crippen LogP contribution in [0, 0.1) is 0 Å². The predicted octanol–water partition coefficient (Wildman–Crippen LogP) is -0.424.